The third-order valence-electron chi connectivity index (χ3n) is 5.52. The topological polar surface area (TPSA) is 64.9 Å². The van der Waals surface area contributed by atoms with Gasteiger partial charge in [-0.05, 0) is 43.7 Å². The summed E-state index contributed by atoms with van der Waals surface area (Å²) in [6.07, 6.45) is 11.3. The van der Waals surface area contributed by atoms with Gasteiger partial charge >= 0.3 is 0 Å². The standard InChI is InChI=1S/C23H28FN5O/c1-16(2)28-19-9-7-17(8-10-19)14-30-22-12-25-15-26-23(22)18-11-27-29(13-18)21-6-4-3-5-20(21)24/h3-6,11-13,15-17,19,28H,7-10,14H2,1-2H3/t17-,19+. The molecule has 1 aliphatic rings. The van der Waals surface area contributed by atoms with E-state index in [1.165, 1.54) is 29.9 Å². The van der Waals surface area contributed by atoms with E-state index in [-0.39, 0.29) is 5.82 Å². The Balaban J connectivity index is 1.42. The smallest absolute Gasteiger partial charge is 0.163 e. The Bertz CT molecular complexity index is 965. The second-order valence-corrected chi connectivity index (χ2v) is 8.21. The fourth-order valence-corrected chi connectivity index (χ4v) is 4.03. The Kier molecular flexibility index (Phi) is 6.38. The summed E-state index contributed by atoms with van der Waals surface area (Å²) in [7, 11) is 0. The van der Waals surface area contributed by atoms with Gasteiger partial charge in [-0.3, -0.25) is 0 Å². The zero-order chi connectivity index (χ0) is 20.9. The summed E-state index contributed by atoms with van der Waals surface area (Å²) < 4.78 is 21.7. The number of nitrogens with one attached hydrogen (secondary N) is 1. The van der Waals surface area contributed by atoms with Crippen LogP contribution in [0.4, 0.5) is 4.39 Å². The van der Waals surface area contributed by atoms with Gasteiger partial charge in [0.25, 0.3) is 0 Å². The normalized spacial score (nSPS) is 19.2. The SMILES string of the molecule is CC(C)N[C@H]1CC[C@@H](COc2cncnc2-c2cnn(-c3ccccc3F)c2)CC1. The van der Waals surface area contributed by atoms with Crippen molar-refractivity contribution in [2.24, 2.45) is 5.92 Å². The Labute approximate surface area is 176 Å². The molecule has 1 aromatic carbocycles. The first-order valence-electron chi connectivity index (χ1n) is 10.6. The minimum Gasteiger partial charge on any atom is -0.489 e. The molecule has 1 N–H and O–H groups in total. The molecule has 6 nitrogen and oxygen atoms in total. The maximum absolute atomic E-state index is 14.1. The summed E-state index contributed by atoms with van der Waals surface area (Å²) in [4.78, 5) is 8.52. The molecule has 1 saturated carbocycles. The molecule has 30 heavy (non-hydrogen) atoms. The number of hydrogen-bond acceptors (Lipinski definition) is 5. The van der Waals surface area contributed by atoms with Crippen LogP contribution in [0.1, 0.15) is 39.5 Å². The van der Waals surface area contributed by atoms with Gasteiger partial charge in [0.2, 0.25) is 0 Å². The van der Waals surface area contributed by atoms with Crippen LogP contribution in [0.5, 0.6) is 5.75 Å². The number of hydrogen-bond donors (Lipinski definition) is 1. The first kappa shape index (κ1) is 20.5. The van der Waals surface area contributed by atoms with Crippen molar-refractivity contribution in [1.29, 1.82) is 0 Å². The number of para-hydroxylation sites is 1. The lowest BCUT2D eigenvalue weighted by atomic mass is 9.86. The lowest BCUT2D eigenvalue weighted by Crippen LogP contribution is -2.38. The number of nitrogens with zero attached hydrogens (tertiary/aromatic N) is 4. The Morgan fingerprint density at radius 1 is 1.17 bits per heavy atom. The maximum atomic E-state index is 14.1. The van der Waals surface area contributed by atoms with Gasteiger partial charge in [-0.25, -0.2) is 19.0 Å². The van der Waals surface area contributed by atoms with Crippen LogP contribution in [0.2, 0.25) is 0 Å². The van der Waals surface area contributed by atoms with Crippen LogP contribution >= 0.6 is 0 Å². The molecule has 4 rings (SSSR count). The molecule has 2 aromatic heterocycles. The van der Waals surface area contributed by atoms with Gasteiger partial charge < -0.3 is 10.1 Å². The highest BCUT2D eigenvalue weighted by Gasteiger charge is 2.22. The van der Waals surface area contributed by atoms with Crippen molar-refractivity contribution in [3.63, 3.8) is 0 Å². The predicted molar refractivity (Wildman–Crippen MR) is 114 cm³/mol. The molecule has 7 heteroatoms. The quantitative estimate of drug-likeness (QED) is 0.626. The van der Waals surface area contributed by atoms with Gasteiger partial charge in [-0.2, -0.15) is 5.10 Å². The molecule has 0 spiro atoms. The highest BCUT2D eigenvalue weighted by molar-refractivity contribution is 5.64. The summed E-state index contributed by atoms with van der Waals surface area (Å²) in [6, 6.07) is 7.68. The van der Waals surface area contributed by atoms with E-state index < -0.39 is 0 Å². The van der Waals surface area contributed by atoms with Crippen molar-refractivity contribution in [3.05, 3.63) is 55.0 Å². The van der Waals surface area contributed by atoms with Crippen molar-refractivity contribution in [3.8, 4) is 22.7 Å². The molecule has 0 atom stereocenters. The predicted octanol–water partition coefficient (Wildman–Crippen LogP) is 4.40. The van der Waals surface area contributed by atoms with Gasteiger partial charge in [0, 0.05) is 23.8 Å². The van der Waals surface area contributed by atoms with Crippen molar-refractivity contribution in [2.75, 3.05) is 6.61 Å². The summed E-state index contributed by atoms with van der Waals surface area (Å²) in [5, 5.41) is 7.93. The molecular weight excluding hydrogens is 381 g/mol. The number of aromatic nitrogens is 4. The fourth-order valence-electron chi connectivity index (χ4n) is 4.03. The van der Waals surface area contributed by atoms with E-state index in [0.29, 0.717) is 41.7 Å². The third kappa shape index (κ3) is 4.84. The number of benzene rings is 1. The van der Waals surface area contributed by atoms with E-state index in [1.54, 1.807) is 36.8 Å². The highest BCUT2D eigenvalue weighted by atomic mass is 19.1. The minimum atomic E-state index is -0.325. The molecular formula is C23H28FN5O. The van der Waals surface area contributed by atoms with Crippen LogP contribution < -0.4 is 10.1 Å². The lowest BCUT2D eigenvalue weighted by molar-refractivity contribution is 0.188. The summed E-state index contributed by atoms with van der Waals surface area (Å²) >= 11 is 0. The summed E-state index contributed by atoms with van der Waals surface area (Å²) in [5.41, 5.74) is 1.83. The van der Waals surface area contributed by atoms with Gasteiger partial charge in [0.15, 0.2) is 5.75 Å². The summed E-state index contributed by atoms with van der Waals surface area (Å²) in [5.74, 6) is 0.839. The Hall–Kier alpha value is -2.80. The third-order valence-corrected chi connectivity index (χ3v) is 5.52. The van der Waals surface area contributed by atoms with Crippen LogP contribution in [0, 0.1) is 11.7 Å². The first-order chi connectivity index (χ1) is 14.6. The van der Waals surface area contributed by atoms with E-state index in [1.807, 2.05) is 0 Å². The van der Waals surface area contributed by atoms with Crippen molar-refractivity contribution in [2.45, 2.75) is 51.6 Å². The zero-order valence-electron chi connectivity index (χ0n) is 17.5. The van der Waals surface area contributed by atoms with E-state index in [0.717, 1.165) is 18.4 Å². The summed E-state index contributed by atoms with van der Waals surface area (Å²) in [6.45, 7) is 5.04. The van der Waals surface area contributed by atoms with E-state index in [9.17, 15) is 4.39 Å². The molecule has 0 unspecified atom stereocenters. The molecule has 158 valence electrons. The highest BCUT2D eigenvalue weighted by Crippen LogP contribution is 2.30. The molecule has 0 amide bonds. The minimum absolute atomic E-state index is 0.325. The Morgan fingerprint density at radius 3 is 2.73 bits per heavy atom. The van der Waals surface area contributed by atoms with Crippen LogP contribution in [0.3, 0.4) is 0 Å². The van der Waals surface area contributed by atoms with Crippen LogP contribution in [-0.4, -0.2) is 38.4 Å². The van der Waals surface area contributed by atoms with E-state index in [4.69, 9.17) is 4.74 Å². The lowest BCUT2D eigenvalue weighted by Gasteiger charge is -2.30. The largest absolute Gasteiger partial charge is 0.489 e. The first-order valence-corrected chi connectivity index (χ1v) is 10.6. The van der Waals surface area contributed by atoms with Crippen LogP contribution in [-0.2, 0) is 0 Å². The van der Waals surface area contributed by atoms with Crippen molar-refractivity contribution in [1.82, 2.24) is 25.1 Å². The molecule has 0 aliphatic heterocycles. The maximum Gasteiger partial charge on any atom is 0.163 e. The second-order valence-electron chi connectivity index (χ2n) is 8.21. The molecule has 0 bridgehead atoms. The van der Waals surface area contributed by atoms with Crippen molar-refractivity contribution >= 4 is 0 Å². The molecule has 2 heterocycles. The fraction of sp³-hybridized carbons (Fsp3) is 0.435. The van der Waals surface area contributed by atoms with E-state index >= 15 is 0 Å². The van der Waals surface area contributed by atoms with Gasteiger partial charge in [0.05, 0.1) is 19.0 Å². The average Bonchev–Trinajstić information content (AvgIpc) is 3.23. The number of halogens is 1. The van der Waals surface area contributed by atoms with Crippen LogP contribution in [0.15, 0.2) is 49.2 Å². The van der Waals surface area contributed by atoms with Crippen molar-refractivity contribution < 1.29 is 9.13 Å². The number of ether oxygens (including phenoxy) is 1. The second kappa shape index (κ2) is 9.34. The number of rotatable bonds is 7. The average molecular weight is 410 g/mol. The van der Waals surface area contributed by atoms with Gasteiger partial charge in [-0.15, -0.1) is 0 Å². The molecule has 3 aromatic rings. The van der Waals surface area contributed by atoms with E-state index in [2.05, 4.69) is 34.2 Å². The zero-order valence-corrected chi connectivity index (χ0v) is 17.5. The molecule has 0 saturated heterocycles. The molecule has 0 radical (unpaired) electrons. The molecule has 1 fully saturated rings. The van der Waals surface area contributed by atoms with Gasteiger partial charge in [-0.1, -0.05) is 26.0 Å². The van der Waals surface area contributed by atoms with Gasteiger partial charge in [0.1, 0.15) is 23.5 Å². The molecule has 1 aliphatic carbocycles. The Morgan fingerprint density at radius 2 is 1.97 bits per heavy atom. The van der Waals surface area contributed by atoms with Crippen LogP contribution in [0.25, 0.3) is 16.9 Å². The monoisotopic (exact) mass is 409 g/mol.